The van der Waals surface area contributed by atoms with E-state index in [0.29, 0.717) is 16.9 Å². The number of benzene rings is 5. The fourth-order valence-electron chi connectivity index (χ4n) is 6.00. The van der Waals surface area contributed by atoms with Crippen LogP contribution < -0.4 is 0 Å². The summed E-state index contributed by atoms with van der Waals surface area (Å²) in [7, 11) is 0. The maximum Gasteiger partial charge on any atom is 0.149 e. The van der Waals surface area contributed by atoms with Gasteiger partial charge in [-0.3, -0.25) is 4.57 Å². The molecule has 7 rings (SSSR count). The van der Waals surface area contributed by atoms with Gasteiger partial charge in [0, 0.05) is 21.9 Å². The molecule has 0 radical (unpaired) electrons. The quantitative estimate of drug-likeness (QED) is 0.212. The van der Waals surface area contributed by atoms with Gasteiger partial charge in [-0.2, -0.15) is 0 Å². The Kier molecular flexibility index (Phi) is 6.21. The molecule has 0 aliphatic carbocycles. The summed E-state index contributed by atoms with van der Waals surface area (Å²) in [6.07, 6.45) is 0. The number of hydrogen-bond acceptors (Lipinski definition) is 2. The molecule has 0 aliphatic heterocycles. The van der Waals surface area contributed by atoms with Crippen molar-refractivity contribution in [3.05, 3.63) is 119 Å². The molecule has 0 saturated heterocycles. The van der Waals surface area contributed by atoms with Gasteiger partial charge in [0.1, 0.15) is 17.0 Å². The van der Waals surface area contributed by atoms with Crippen molar-refractivity contribution in [2.24, 2.45) is 0 Å². The first-order valence-corrected chi connectivity index (χ1v) is 14.6. The van der Waals surface area contributed by atoms with E-state index in [-0.39, 0.29) is 0 Å². The lowest BCUT2D eigenvalue weighted by atomic mass is 9.88. The molecule has 5 aromatic carbocycles. The van der Waals surface area contributed by atoms with Crippen LogP contribution in [0.4, 0.5) is 0 Å². The first kappa shape index (κ1) is 25.6. The maximum atomic E-state index is 6.50. The lowest BCUT2D eigenvalue weighted by molar-refractivity contribution is 0.669. The average Bonchev–Trinajstić information content (AvgIpc) is 3.54. The van der Waals surface area contributed by atoms with Crippen LogP contribution in [0.15, 0.2) is 108 Å². The van der Waals surface area contributed by atoms with Gasteiger partial charge in [0.2, 0.25) is 0 Å². The van der Waals surface area contributed by atoms with Gasteiger partial charge in [-0.05, 0) is 76.6 Å². The molecule has 2 heterocycles. The summed E-state index contributed by atoms with van der Waals surface area (Å²) in [6, 6.07) is 36.0. The van der Waals surface area contributed by atoms with Crippen molar-refractivity contribution >= 4 is 44.6 Å². The van der Waals surface area contributed by atoms with Crippen molar-refractivity contribution < 1.29 is 4.42 Å². The van der Waals surface area contributed by atoms with E-state index in [4.69, 9.17) is 21.0 Å². The van der Waals surface area contributed by atoms with Crippen LogP contribution >= 0.6 is 11.6 Å². The minimum Gasteiger partial charge on any atom is -0.455 e. The van der Waals surface area contributed by atoms with Gasteiger partial charge >= 0.3 is 0 Å². The number of nitrogens with zero attached hydrogens (tertiary/aromatic N) is 2. The molecular formula is C37H31ClN2O. The predicted molar refractivity (Wildman–Crippen MR) is 172 cm³/mol. The topological polar surface area (TPSA) is 31.0 Å². The standard InChI is InChI=1S/C37H31ClN2O/c1-22(2)30-19-25(24-11-6-5-7-12-24)20-31(23(3)4)35(30)40-33-16-9-8-15-32(33)39-37(40)29-14-10-13-28-27-18-17-26(38)21-34(27)41-36(28)29/h5-23H,1-4H3. The van der Waals surface area contributed by atoms with Crippen molar-refractivity contribution in [1.82, 2.24) is 9.55 Å². The van der Waals surface area contributed by atoms with E-state index in [2.05, 4.69) is 117 Å². The fraction of sp³-hybridized carbons (Fsp3) is 0.162. The second-order valence-electron chi connectivity index (χ2n) is 11.4. The third kappa shape index (κ3) is 4.24. The number of fused-ring (bicyclic) bond motifs is 4. The minimum atomic E-state index is 0.296. The Morgan fingerprint density at radius 2 is 1.39 bits per heavy atom. The van der Waals surface area contributed by atoms with Crippen LogP contribution in [-0.2, 0) is 0 Å². The Morgan fingerprint density at radius 3 is 2.12 bits per heavy atom. The van der Waals surface area contributed by atoms with Crippen LogP contribution in [0.1, 0.15) is 50.7 Å². The maximum absolute atomic E-state index is 6.50. The number of rotatable bonds is 5. The highest BCUT2D eigenvalue weighted by Crippen LogP contribution is 2.42. The SMILES string of the molecule is CC(C)c1cc(-c2ccccc2)cc(C(C)C)c1-n1c(-c2cccc3c2oc2cc(Cl)ccc23)nc2ccccc21. The summed E-state index contributed by atoms with van der Waals surface area (Å²) in [5.74, 6) is 1.46. The van der Waals surface area contributed by atoms with Crippen molar-refractivity contribution in [3.63, 3.8) is 0 Å². The summed E-state index contributed by atoms with van der Waals surface area (Å²) in [5.41, 5.74) is 10.8. The molecule has 41 heavy (non-hydrogen) atoms. The largest absolute Gasteiger partial charge is 0.455 e. The third-order valence-electron chi connectivity index (χ3n) is 8.01. The van der Waals surface area contributed by atoms with Gasteiger partial charge in [0.25, 0.3) is 0 Å². The Balaban J connectivity index is 1.59. The summed E-state index contributed by atoms with van der Waals surface area (Å²) in [6.45, 7) is 9.11. The molecule has 4 heteroatoms. The van der Waals surface area contributed by atoms with Crippen molar-refractivity contribution in [2.45, 2.75) is 39.5 Å². The summed E-state index contributed by atoms with van der Waals surface area (Å²) < 4.78 is 8.87. The normalized spacial score (nSPS) is 12.0. The molecule has 0 bridgehead atoms. The highest BCUT2D eigenvalue weighted by molar-refractivity contribution is 6.31. The number of para-hydroxylation sites is 3. The van der Waals surface area contributed by atoms with E-state index in [1.54, 1.807) is 0 Å². The zero-order valence-electron chi connectivity index (χ0n) is 23.7. The van der Waals surface area contributed by atoms with Crippen molar-refractivity contribution in [2.75, 3.05) is 0 Å². The smallest absolute Gasteiger partial charge is 0.149 e. The van der Waals surface area contributed by atoms with Crippen LogP contribution in [0.5, 0.6) is 0 Å². The van der Waals surface area contributed by atoms with Crippen LogP contribution in [0.3, 0.4) is 0 Å². The predicted octanol–water partition coefficient (Wildman–Crippen LogP) is 11.2. The average molecular weight is 555 g/mol. The highest BCUT2D eigenvalue weighted by atomic mass is 35.5. The van der Waals surface area contributed by atoms with Crippen LogP contribution in [-0.4, -0.2) is 9.55 Å². The third-order valence-corrected chi connectivity index (χ3v) is 8.24. The lowest BCUT2D eigenvalue weighted by Crippen LogP contribution is -2.09. The van der Waals surface area contributed by atoms with E-state index in [9.17, 15) is 0 Å². The Labute approximate surface area is 245 Å². The molecule has 2 aromatic heterocycles. The molecular weight excluding hydrogens is 524 g/mol. The van der Waals surface area contributed by atoms with Gasteiger partial charge < -0.3 is 4.42 Å². The number of furan rings is 1. The van der Waals surface area contributed by atoms with E-state index >= 15 is 0 Å². The summed E-state index contributed by atoms with van der Waals surface area (Å²) >= 11 is 6.34. The molecule has 3 nitrogen and oxygen atoms in total. The first-order chi connectivity index (χ1) is 19.9. The summed E-state index contributed by atoms with van der Waals surface area (Å²) in [5, 5.41) is 2.76. The molecule has 0 atom stereocenters. The number of halogens is 1. The molecule has 0 saturated carbocycles. The number of aromatic nitrogens is 2. The summed E-state index contributed by atoms with van der Waals surface area (Å²) in [4.78, 5) is 5.26. The zero-order chi connectivity index (χ0) is 28.2. The molecule has 0 unspecified atom stereocenters. The van der Waals surface area contributed by atoms with Crippen molar-refractivity contribution in [3.8, 4) is 28.2 Å². The van der Waals surface area contributed by atoms with Crippen molar-refractivity contribution in [1.29, 1.82) is 0 Å². The molecule has 0 aliphatic rings. The van der Waals surface area contributed by atoms with Crippen LogP contribution in [0, 0.1) is 0 Å². The second-order valence-corrected chi connectivity index (χ2v) is 11.8. The first-order valence-electron chi connectivity index (χ1n) is 14.2. The molecule has 7 aromatic rings. The van der Waals surface area contributed by atoms with Crippen LogP contribution in [0.2, 0.25) is 5.02 Å². The fourth-order valence-corrected chi connectivity index (χ4v) is 6.16. The zero-order valence-corrected chi connectivity index (χ0v) is 24.4. The van der Waals surface area contributed by atoms with E-state index in [1.807, 2.05) is 18.2 Å². The molecule has 0 amide bonds. The van der Waals surface area contributed by atoms with Crippen LogP contribution in [0.25, 0.3) is 61.2 Å². The molecule has 0 fully saturated rings. The Hall–Kier alpha value is -4.34. The number of hydrogen-bond donors (Lipinski definition) is 0. The Bertz CT molecular complexity index is 2040. The molecule has 0 spiro atoms. The number of imidazole rings is 1. The van der Waals surface area contributed by atoms with Gasteiger partial charge in [0.15, 0.2) is 0 Å². The van der Waals surface area contributed by atoms with Gasteiger partial charge in [-0.15, -0.1) is 0 Å². The highest BCUT2D eigenvalue weighted by Gasteiger charge is 2.25. The van der Waals surface area contributed by atoms with Gasteiger partial charge in [-0.25, -0.2) is 4.98 Å². The van der Waals surface area contributed by atoms with E-state index < -0.39 is 0 Å². The molecule has 202 valence electrons. The minimum absolute atomic E-state index is 0.296. The Morgan fingerprint density at radius 1 is 0.683 bits per heavy atom. The van der Waals surface area contributed by atoms with E-state index in [0.717, 1.165) is 44.4 Å². The van der Waals surface area contributed by atoms with E-state index in [1.165, 1.54) is 27.9 Å². The second kappa shape index (κ2) is 9.94. The van der Waals surface area contributed by atoms with Gasteiger partial charge in [-0.1, -0.05) is 93.9 Å². The van der Waals surface area contributed by atoms with Gasteiger partial charge in [0.05, 0.1) is 22.3 Å². The monoisotopic (exact) mass is 554 g/mol. The molecule has 0 N–H and O–H groups in total. The lowest BCUT2D eigenvalue weighted by Gasteiger charge is -2.24.